The van der Waals surface area contributed by atoms with Gasteiger partial charge in [0.25, 0.3) is 11.8 Å². The topological polar surface area (TPSA) is 146 Å². The van der Waals surface area contributed by atoms with Gasteiger partial charge >= 0.3 is 24.1 Å². The highest BCUT2D eigenvalue weighted by atomic mass is 79.9. The largest absolute Gasteiger partial charge is 0.459 e. The maximum Gasteiger partial charge on any atom is 0.421 e. The number of benzene rings is 2. The van der Waals surface area contributed by atoms with Gasteiger partial charge in [-0.05, 0) is 155 Å². The molecule has 0 radical (unpaired) electrons. The molecule has 8 unspecified atom stereocenters. The van der Waals surface area contributed by atoms with Crippen molar-refractivity contribution >= 4 is 110 Å². The number of anilines is 2. The van der Waals surface area contributed by atoms with Crippen molar-refractivity contribution in [1.29, 1.82) is 0 Å². The Balaban J connectivity index is 2.93. The molecule has 0 aromatic heterocycles. The molecule has 0 aliphatic heterocycles. The van der Waals surface area contributed by atoms with E-state index in [0.717, 1.165) is 128 Å². The van der Waals surface area contributed by atoms with Crippen molar-refractivity contribution in [2.24, 2.45) is 0 Å². The van der Waals surface area contributed by atoms with Gasteiger partial charge < -0.3 is 18.9 Å². The number of halogens is 5. The number of nitrogens with zero attached hydrogens (tertiary/aromatic N) is 2. The molecule has 0 saturated carbocycles. The molecule has 0 N–H and O–H groups in total. The van der Waals surface area contributed by atoms with Crippen LogP contribution in [0.2, 0.25) is 0 Å². The standard InChI is InChI=1S/C67H105BrCl4N2O10/c1-9-13-17-21-25-33-53(45-41-49(5)69)81-64(77)57-37-29-31-39-59(57)73(66(79)83-55(47-43-51(7)71)35-27-23-19-15-11-3)62(75)61(68)63(76)74(67(80)84-56(48-44-52(8)72)36-28-24-20-16-12-4)60-40-32-30-38-58(60)65(78)82-54(46-42-50(6)70)34-26-22-18-14-10-2/h29-32,37-40,49-56,61H,9-28,33-36,41-48H2,1-8H3. The van der Waals surface area contributed by atoms with Gasteiger partial charge in [-0.3, -0.25) is 9.59 Å². The van der Waals surface area contributed by atoms with E-state index >= 15 is 19.2 Å². The second kappa shape index (κ2) is 46.1. The lowest BCUT2D eigenvalue weighted by Crippen LogP contribution is -2.52. The summed E-state index contributed by atoms with van der Waals surface area (Å²) in [5, 5.41) is -0.834. The highest BCUT2D eigenvalue weighted by Crippen LogP contribution is 2.32. The van der Waals surface area contributed by atoms with Crippen LogP contribution in [0.15, 0.2) is 48.5 Å². The van der Waals surface area contributed by atoms with Gasteiger partial charge in [-0.25, -0.2) is 29.0 Å². The monoisotopic (exact) mass is 1320 g/mol. The molecule has 8 atom stereocenters. The Hall–Kier alpha value is -3.10. The van der Waals surface area contributed by atoms with Gasteiger partial charge in [0.15, 0.2) is 4.83 Å². The molecule has 12 nitrogen and oxygen atoms in total. The van der Waals surface area contributed by atoms with Crippen LogP contribution in [0.3, 0.4) is 0 Å². The molecule has 0 aliphatic rings. The van der Waals surface area contributed by atoms with Gasteiger partial charge in [-0.1, -0.05) is 171 Å². The van der Waals surface area contributed by atoms with E-state index in [9.17, 15) is 9.59 Å². The zero-order valence-electron chi connectivity index (χ0n) is 52.3. The Morgan fingerprint density at radius 2 is 0.619 bits per heavy atom. The molecule has 84 heavy (non-hydrogen) atoms. The predicted octanol–water partition coefficient (Wildman–Crippen LogP) is 20.9. The second-order valence-corrected chi connectivity index (χ2v) is 27.0. The summed E-state index contributed by atoms with van der Waals surface area (Å²) in [6.07, 6.45) is 20.8. The minimum atomic E-state index is -2.02. The summed E-state index contributed by atoms with van der Waals surface area (Å²) in [6, 6.07) is 12.1. The summed E-state index contributed by atoms with van der Waals surface area (Å²) in [5.74, 6) is -3.94. The first-order chi connectivity index (χ1) is 40.3. The number of hydrogen-bond acceptors (Lipinski definition) is 10. The normalized spacial score (nSPS) is 14.7. The van der Waals surface area contributed by atoms with Crippen LogP contribution in [0.4, 0.5) is 21.0 Å². The molecule has 17 heteroatoms. The fraction of sp³-hybridized carbons (Fsp3) is 0.731. The van der Waals surface area contributed by atoms with Crippen molar-refractivity contribution in [3.05, 3.63) is 59.7 Å². The maximum atomic E-state index is 15.6. The summed E-state index contributed by atoms with van der Waals surface area (Å²) in [6.45, 7) is 16.0. The average Bonchev–Trinajstić information content (AvgIpc) is 1.88. The molecule has 0 spiro atoms. The van der Waals surface area contributed by atoms with E-state index < -0.39 is 65.2 Å². The lowest BCUT2D eigenvalue weighted by atomic mass is 10.0. The molecule has 2 rings (SSSR count). The number of ether oxygens (including phenoxy) is 4. The van der Waals surface area contributed by atoms with Gasteiger partial charge in [0.1, 0.15) is 24.4 Å². The quantitative estimate of drug-likeness (QED) is 0.0206. The van der Waals surface area contributed by atoms with Crippen molar-refractivity contribution in [3.63, 3.8) is 0 Å². The lowest BCUT2D eigenvalue weighted by Gasteiger charge is -2.30. The van der Waals surface area contributed by atoms with E-state index in [1.54, 1.807) is 24.3 Å². The van der Waals surface area contributed by atoms with Crippen molar-refractivity contribution < 1.29 is 47.7 Å². The van der Waals surface area contributed by atoms with Crippen LogP contribution in [0.1, 0.15) is 282 Å². The molecule has 0 fully saturated rings. The number of carbonyl (C=O) groups is 6. The fourth-order valence-electron chi connectivity index (χ4n) is 10.1. The summed E-state index contributed by atoms with van der Waals surface area (Å²) in [7, 11) is 0. The number of para-hydroxylation sites is 2. The summed E-state index contributed by atoms with van der Waals surface area (Å²) in [5.41, 5.74) is -0.645. The highest BCUT2D eigenvalue weighted by Gasteiger charge is 2.43. The van der Waals surface area contributed by atoms with Gasteiger partial charge in [-0.2, -0.15) is 0 Å². The third-order valence-corrected chi connectivity index (χ3v) is 16.8. The van der Waals surface area contributed by atoms with Crippen LogP contribution in [-0.4, -0.2) is 86.7 Å². The van der Waals surface area contributed by atoms with Crippen LogP contribution in [0.25, 0.3) is 0 Å². The van der Waals surface area contributed by atoms with Crippen LogP contribution >= 0.6 is 62.3 Å². The molecule has 0 aliphatic carbocycles. The zero-order valence-corrected chi connectivity index (χ0v) is 56.9. The van der Waals surface area contributed by atoms with Crippen molar-refractivity contribution in [1.82, 2.24) is 0 Å². The summed E-state index contributed by atoms with van der Waals surface area (Å²) >= 11 is 29.2. The van der Waals surface area contributed by atoms with E-state index in [1.165, 1.54) is 24.3 Å². The molecule has 0 heterocycles. The lowest BCUT2D eigenvalue weighted by molar-refractivity contribution is -0.125. The predicted molar refractivity (Wildman–Crippen MR) is 351 cm³/mol. The molecular weight excluding hydrogens is 1210 g/mol. The van der Waals surface area contributed by atoms with E-state index in [2.05, 4.69) is 43.6 Å². The van der Waals surface area contributed by atoms with E-state index in [1.807, 2.05) is 27.7 Å². The Labute approximate surface area is 535 Å². The van der Waals surface area contributed by atoms with Crippen molar-refractivity contribution in [2.45, 2.75) is 312 Å². The zero-order chi connectivity index (χ0) is 62.2. The molecule has 4 amide bonds. The SMILES string of the molecule is CCCCCCCC(CCC(C)Cl)OC(=O)c1ccccc1N(C(=O)OC(CCCCCCC)CCC(C)Cl)C(=O)C(Br)C(=O)N(C(=O)OC(CCCCCCC)CCC(C)Cl)c1ccccc1C(=O)OC(CCCCCCC)CCC(C)Cl. The highest BCUT2D eigenvalue weighted by molar-refractivity contribution is 9.10. The van der Waals surface area contributed by atoms with Crippen LogP contribution in [-0.2, 0) is 28.5 Å². The molecule has 478 valence electrons. The Kier molecular flexibility index (Phi) is 42.2. The maximum absolute atomic E-state index is 15.6. The van der Waals surface area contributed by atoms with Crippen molar-refractivity contribution in [2.75, 3.05) is 9.80 Å². The second-order valence-electron chi connectivity index (χ2n) is 23.1. The van der Waals surface area contributed by atoms with Gasteiger partial charge in [-0.15, -0.1) is 46.4 Å². The number of rotatable bonds is 46. The van der Waals surface area contributed by atoms with Crippen LogP contribution in [0.5, 0.6) is 0 Å². The molecule has 0 bridgehead atoms. The van der Waals surface area contributed by atoms with Crippen LogP contribution in [0, 0.1) is 0 Å². The number of carbonyl (C=O) groups excluding carboxylic acids is 6. The Bertz CT molecular complexity index is 2020. The van der Waals surface area contributed by atoms with Crippen molar-refractivity contribution in [3.8, 4) is 0 Å². The van der Waals surface area contributed by atoms with Crippen LogP contribution < -0.4 is 9.80 Å². The Morgan fingerprint density at radius 1 is 0.369 bits per heavy atom. The summed E-state index contributed by atoms with van der Waals surface area (Å²) in [4.78, 5) is 90.1. The molecule has 2 aromatic carbocycles. The molecule has 2 aromatic rings. The number of esters is 2. The first-order valence-corrected chi connectivity index (χ1v) is 34.8. The molecule has 0 saturated heterocycles. The van der Waals surface area contributed by atoms with Gasteiger partial charge in [0.2, 0.25) is 0 Å². The van der Waals surface area contributed by atoms with Gasteiger partial charge in [0.05, 0.1) is 22.5 Å². The summed E-state index contributed by atoms with van der Waals surface area (Å²) < 4.78 is 25.1. The number of hydrogen-bond donors (Lipinski definition) is 0. The number of amides is 4. The fourth-order valence-corrected chi connectivity index (χ4v) is 11.0. The molecular formula is C67H105BrCl4N2O10. The third kappa shape index (κ3) is 31.7. The Morgan fingerprint density at radius 3 is 0.881 bits per heavy atom. The third-order valence-electron chi connectivity index (χ3n) is 15.1. The number of imide groups is 2. The first-order valence-electron chi connectivity index (χ1n) is 32.2. The minimum absolute atomic E-state index is 0.126. The van der Waals surface area contributed by atoms with E-state index in [4.69, 9.17) is 65.4 Å². The first kappa shape index (κ1) is 77.0. The number of alkyl halides is 5. The van der Waals surface area contributed by atoms with E-state index in [0.29, 0.717) is 86.8 Å². The average molecular weight is 1320 g/mol. The van der Waals surface area contributed by atoms with E-state index in [-0.39, 0.29) is 44.0 Å². The minimum Gasteiger partial charge on any atom is -0.459 e. The smallest absolute Gasteiger partial charge is 0.421 e. The number of unbranched alkanes of at least 4 members (excludes halogenated alkanes) is 16. The van der Waals surface area contributed by atoms with Gasteiger partial charge in [0, 0.05) is 21.5 Å².